The molecule has 1 saturated heterocycles. The van der Waals surface area contributed by atoms with E-state index >= 15 is 0 Å². The van der Waals surface area contributed by atoms with Gasteiger partial charge in [0, 0.05) is 20.2 Å². The maximum Gasteiger partial charge on any atom is 0.317 e. The number of methoxy groups -OCH3 is 2. The van der Waals surface area contributed by atoms with Crippen LogP contribution >= 0.6 is 0 Å². The van der Waals surface area contributed by atoms with Gasteiger partial charge in [-0.05, 0) is 37.0 Å². The Morgan fingerprint density at radius 1 is 1.43 bits per heavy atom. The van der Waals surface area contributed by atoms with Gasteiger partial charge in [-0.15, -0.1) is 0 Å². The largest absolute Gasteiger partial charge is 0.497 e. The fourth-order valence-electron chi connectivity index (χ4n) is 2.89. The molecule has 0 aliphatic carbocycles. The summed E-state index contributed by atoms with van der Waals surface area (Å²) in [5.41, 5.74) is 0.493. The van der Waals surface area contributed by atoms with E-state index in [1.807, 2.05) is 24.3 Å². The van der Waals surface area contributed by atoms with Gasteiger partial charge in [0.2, 0.25) is 0 Å². The van der Waals surface area contributed by atoms with E-state index in [9.17, 15) is 9.90 Å². The first-order valence-corrected chi connectivity index (χ1v) is 7.94. The quantitative estimate of drug-likeness (QED) is 0.831. The minimum atomic E-state index is -0.623. The summed E-state index contributed by atoms with van der Waals surface area (Å²) in [5.74, 6) is 0.817. The van der Waals surface area contributed by atoms with Crippen LogP contribution in [-0.4, -0.2) is 62.1 Å². The second-order valence-electron chi connectivity index (χ2n) is 5.90. The first-order valence-electron chi connectivity index (χ1n) is 7.94. The molecule has 1 fully saturated rings. The number of likely N-dealkylation sites (tertiary alicyclic amines) is 1. The predicted octanol–water partition coefficient (Wildman–Crippen LogP) is 1.42. The fourth-order valence-corrected chi connectivity index (χ4v) is 2.89. The molecule has 6 nitrogen and oxygen atoms in total. The van der Waals surface area contributed by atoms with E-state index in [0.717, 1.165) is 30.6 Å². The summed E-state index contributed by atoms with van der Waals surface area (Å²) in [6.45, 7) is 1.60. The smallest absolute Gasteiger partial charge is 0.317 e. The molecular weight excluding hydrogens is 296 g/mol. The zero-order valence-corrected chi connectivity index (χ0v) is 13.9. The van der Waals surface area contributed by atoms with Crippen molar-refractivity contribution in [3.05, 3.63) is 29.8 Å². The van der Waals surface area contributed by atoms with Crippen molar-refractivity contribution >= 4 is 6.03 Å². The van der Waals surface area contributed by atoms with Crippen LogP contribution in [0.3, 0.4) is 0 Å². The summed E-state index contributed by atoms with van der Waals surface area (Å²) >= 11 is 0. The van der Waals surface area contributed by atoms with E-state index < -0.39 is 5.60 Å². The summed E-state index contributed by atoms with van der Waals surface area (Å²) in [5, 5.41) is 12.5. The summed E-state index contributed by atoms with van der Waals surface area (Å²) in [6, 6.07) is 7.71. The number of benzene rings is 1. The number of hydrogen-bond acceptors (Lipinski definition) is 4. The van der Waals surface area contributed by atoms with Crippen molar-refractivity contribution in [2.75, 3.05) is 40.5 Å². The molecular formula is C17H26N2O4. The number of piperidine rings is 1. The van der Waals surface area contributed by atoms with E-state index in [0.29, 0.717) is 19.6 Å². The molecule has 0 aromatic heterocycles. The molecule has 128 valence electrons. The molecule has 2 amide bonds. The van der Waals surface area contributed by atoms with E-state index in [1.165, 1.54) is 0 Å². The molecule has 1 aromatic carbocycles. The molecule has 1 aliphatic heterocycles. The number of hydrogen-bond donors (Lipinski definition) is 2. The zero-order valence-electron chi connectivity index (χ0n) is 13.9. The van der Waals surface area contributed by atoms with Crippen molar-refractivity contribution in [2.45, 2.75) is 24.9 Å². The molecule has 6 heteroatoms. The van der Waals surface area contributed by atoms with Crippen molar-refractivity contribution in [2.24, 2.45) is 0 Å². The number of nitrogens with zero attached hydrogens (tertiary/aromatic N) is 1. The number of ether oxygens (including phenoxy) is 2. The van der Waals surface area contributed by atoms with Gasteiger partial charge in [-0.1, -0.05) is 12.1 Å². The van der Waals surface area contributed by atoms with Gasteiger partial charge < -0.3 is 24.8 Å². The Morgan fingerprint density at radius 2 is 2.26 bits per heavy atom. The van der Waals surface area contributed by atoms with Crippen LogP contribution in [0.25, 0.3) is 0 Å². The van der Waals surface area contributed by atoms with Crippen molar-refractivity contribution in [1.29, 1.82) is 0 Å². The van der Waals surface area contributed by atoms with Gasteiger partial charge >= 0.3 is 6.03 Å². The lowest BCUT2D eigenvalue weighted by Crippen LogP contribution is -2.55. The highest BCUT2D eigenvalue weighted by Gasteiger charge is 2.36. The van der Waals surface area contributed by atoms with Crippen LogP contribution in [0.1, 0.15) is 18.4 Å². The van der Waals surface area contributed by atoms with E-state index in [1.54, 1.807) is 19.1 Å². The third-order valence-corrected chi connectivity index (χ3v) is 4.37. The lowest BCUT2D eigenvalue weighted by Gasteiger charge is -2.40. The van der Waals surface area contributed by atoms with Crippen LogP contribution in [0.4, 0.5) is 4.79 Å². The maximum absolute atomic E-state index is 12.3. The number of carbonyl (C=O) groups excluding carboxylic acids is 1. The first kappa shape index (κ1) is 17.6. The third-order valence-electron chi connectivity index (χ3n) is 4.37. The van der Waals surface area contributed by atoms with Crippen LogP contribution in [0, 0.1) is 0 Å². The highest BCUT2D eigenvalue weighted by atomic mass is 16.5. The Balaban J connectivity index is 1.82. The van der Waals surface area contributed by atoms with Gasteiger partial charge in [0.1, 0.15) is 11.4 Å². The Morgan fingerprint density at radius 3 is 2.96 bits per heavy atom. The van der Waals surface area contributed by atoms with Crippen LogP contribution in [0.15, 0.2) is 24.3 Å². The normalized spacial score (nSPS) is 21.1. The van der Waals surface area contributed by atoms with Crippen molar-refractivity contribution in [3.8, 4) is 5.75 Å². The lowest BCUT2D eigenvalue weighted by molar-refractivity contribution is -0.0866. The van der Waals surface area contributed by atoms with E-state index in [2.05, 4.69) is 5.32 Å². The van der Waals surface area contributed by atoms with Gasteiger partial charge in [-0.3, -0.25) is 0 Å². The number of amides is 2. The summed E-state index contributed by atoms with van der Waals surface area (Å²) in [6.07, 6.45) is 2.34. The molecule has 1 aromatic rings. The number of carbonyl (C=O) groups is 1. The number of urea groups is 1. The molecule has 1 unspecified atom stereocenters. The van der Waals surface area contributed by atoms with Gasteiger partial charge in [0.05, 0.1) is 20.3 Å². The average Bonchev–Trinajstić information content (AvgIpc) is 2.61. The SMILES string of the molecule is COc1cccc(CCNC(=O)N2CCCC(CO)(OC)C2)c1. The average molecular weight is 322 g/mol. The van der Waals surface area contributed by atoms with Crippen LogP contribution in [-0.2, 0) is 11.2 Å². The fraction of sp³-hybridized carbons (Fsp3) is 0.588. The van der Waals surface area contributed by atoms with Crippen LogP contribution in [0.2, 0.25) is 0 Å². The zero-order chi connectivity index (χ0) is 16.7. The van der Waals surface area contributed by atoms with Crippen LogP contribution < -0.4 is 10.1 Å². The van der Waals surface area contributed by atoms with E-state index in [4.69, 9.17) is 9.47 Å². The van der Waals surface area contributed by atoms with Crippen LogP contribution in [0.5, 0.6) is 5.75 Å². The molecule has 0 radical (unpaired) electrons. The molecule has 23 heavy (non-hydrogen) atoms. The highest BCUT2D eigenvalue weighted by Crippen LogP contribution is 2.24. The van der Waals surface area contributed by atoms with E-state index in [-0.39, 0.29) is 12.6 Å². The van der Waals surface area contributed by atoms with Crippen molar-refractivity contribution in [1.82, 2.24) is 10.2 Å². The van der Waals surface area contributed by atoms with Gasteiger partial charge in [0.25, 0.3) is 0 Å². The molecule has 0 bridgehead atoms. The van der Waals surface area contributed by atoms with Gasteiger partial charge in [-0.25, -0.2) is 4.79 Å². The molecule has 1 aliphatic rings. The predicted molar refractivity (Wildman–Crippen MR) is 87.7 cm³/mol. The Labute approximate surface area is 137 Å². The molecule has 0 saturated carbocycles. The number of nitrogens with one attached hydrogen (secondary N) is 1. The molecule has 1 heterocycles. The first-order chi connectivity index (χ1) is 11.1. The minimum Gasteiger partial charge on any atom is -0.497 e. The Bertz CT molecular complexity index is 517. The summed E-state index contributed by atoms with van der Waals surface area (Å²) in [7, 11) is 3.22. The second-order valence-corrected chi connectivity index (χ2v) is 5.90. The second kappa shape index (κ2) is 8.17. The highest BCUT2D eigenvalue weighted by molar-refractivity contribution is 5.74. The minimum absolute atomic E-state index is 0.0723. The van der Waals surface area contributed by atoms with Crippen molar-refractivity contribution in [3.63, 3.8) is 0 Å². The summed E-state index contributed by atoms with van der Waals surface area (Å²) in [4.78, 5) is 14.0. The number of aliphatic hydroxyl groups is 1. The topological polar surface area (TPSA) is 71.0 Å². The van der Waals surface area contributed by atoms with Gasteiger partial charge in [0.15, 0.2) is 0 Å². The van der Waals surface area contributed by atoms with Crippen molar-refractivity contribution < 1.29 is 19.4 Å². The monoisotopic (exact) mass is 322 g/mol. The lowest BCUT2D eigenvalue weighted by atomic mass is 9.93. The summed E-state index contributed by atoms with van der Waals surface area (Å²) < 4.78 is 10.6. The molecule has 0 spiro atoms. The molecule has 2 N–H and O–H groups in total. The Kier molecular flexibility index (Phi) is 6.24. The third kappa shape index (κ3) is 4.59. The molecule has 2 rings (SSSR count). The maximum atomic E-state index is 12.3. The standard InChI is InChI=1S/C17H26N2O4/c1-22-15-6-3-5-14(11-15)7-9-18-16(21)19-10-4-8-17(12-19,13-20)23-2/h3,5-6,11,20H,4,7-10,12-13H2,1-2H3,(H,18,21). The number of aliphatic hydroxyl groups excluding tert-OH is 1. The van der Waals surface area contributed by atoms with Gasteiger partial charge in [-0.2, -0.15) is 0 Å². The Hall–Kier alpha value is -1.79. The number of rotatable bonds is 6. The molecule has 1 atom stereocenters.